The highest BCUT2D eigenvalue weighted by molar-refractivity contribution is 6.06. The van der Waals surface area contributed by atoms with Gasteiger partial charge >= 0.3 is 0 Å². The number of benzene rings is 1. The van der Waals surface area contributed by atoms with E-state index in [0.717, 1.165) is 41.9 Å². The number of nitrogens with one attached hydrogen (secondary N) is 2. The first-order valence-corrected chi connectivity index (χ1v) is 8.85. The van der Waals surface area contributed by atoms with Crippen LogP contribution in [0.25, 0.3) is 10.9 Å². The first kappa shape index (κ1) is 15.7. The van der Waals surface area contributed by atoms with E-state index in [-0.39, 0.29) is 11.9 Å². The van der Waals surface area contributed by atoms with Gasteiger partial charge in [-0.05, 0) is 51.4 Å². The summed E-state index contributed by atoms with van der Waals surface area (Å²) in [6, 6.07) is 6.30. The molecular formula is C19H25N3O2. The summed E-state index contributed by atoms with van der Waals surface area (Å²) in [4.78, 5) is 18.7. The van der Waals surface area contributed by atoms with Crippen molar-refractivity contribution in [2.75, 3.05) is 26.3 Å². The van der Waals surface area contributed by atoms with Crippen molar-refractivity contribution < 1.29 is 9.53 Å². The monoisotopic (exact) mass is 327 g/mol. The van der Waals surface area contributed by atoms with Crippen molar-refractivity contribution in [1.29, 1.82) is 0 Å². The second-order valence-corrected chi connectivity index (χ2v) is 7.03. The van der Waals surface area contributed by atoms with Crippen molar-refractivity contribution in [3.8, 4) is 0 Å². The van der Waals surface area contributed by atoms with Gasteiger partial charge in [0.25, 0.3) is 5.91 Å². The third-order valence-corrected chi connectivity index (χ3v) is 5.56. The third-order valence-electron chi connectivity index (χ3n) is 5.56. The Morgan fingerprint density at radius 3 is 2.83 bits per heavy atom. The molecule has 0 bridgehead atoms. The molecule has 2 aliphatic rings. The van der Waals surface area contributed by atoms with Crippen LogP contribution in [-0.4, -0.2) is 54.2 Å². The zero-order valence-corrected chi connectivity index (χ0v) is 14.4. The summed E-state index contributed by atoms with van der Waals surface area (Å²) < 4.78 is 5.67. The van der Waals surface area contributed by atoms with E-state index in [2.05, 4.69) is 28.2 Å². The van der Waals surface area contributed by atoms with E-state index < -0.39 is 0 Å². The van der Waals surface area contributed by atoms with Crippen LogP contribution in [0.15, 0.2) is 18.2 Å². The van der Waals surface area contributed by atoms with Crippen LogP contribution in [0, 0.1) is 13.8 Å². The number of likely N-dealkylation sites (tertiary alicyclic amines) is 1. The summed E-state index contributed by atoms with van der Waals surface area (Å²) in [6.07, 6.45) is 2.50. The molecule has 0 unspecified atom stereocenters. The van der Waals surface area contributed by atoms with Gasteiger partial charge in [0.2, 0.25) is 0 Å². The van der Waals surface area contributed by atoms with Crippen LogP contribution in [0.5, 0.6) is 0 Å². The molecule has 5 nitrogen and oxygen atoms in total. The number of aromatic amines is 1. The van der Waals surface area contributed by atoms with Gasteiger partial charge in [0.05, 0.1) is 36.4 Å². The average Bonchev–Trinajstić information content (AvgIpc) is 3.29. The van der Waals surface area contributed by atoms with Crippen molar-refractivity contribution in [2.24, 2.45) is 0 Å². The molecule has 2 atom stereocenters. The van der Waals surface area contributed by atoms with Gasteiger partial charge in [0.1, 0.15) is 0 Å². The van der Waals surface area contributed by atoms with Gasteiger partial charge < -0.3 is 15.0 Å². The van der Waals surface area contributed by atoms with Crippen LogP contribution in [0.1, 0.15) is 34.5 Å². The molecule has 0 radical (unpaired) electrons. The molecule has 1 aromatic heterocycles. The Morgan fingerprint density at radius 1 is 1.25 bits per heavy atom. The van der Waals surface area contributed by atoms with E-state index in [0.29, 0.717) is 12.6 Å². The number of ether oxygens (including phenoxy) is 1. The van der Waals surface area contributed by atoms with Crippen molar-refractivity contribution in [2.45, 2.75) is 38.8 Å². The second-order valence-electron chi connectivity index (χ2n) is 7.03. The number of amides is 1. The molecular weight excluding hydrogens is 302 g/mol. The molecule has 2 aliphatic heterocycles. The molecule has 2 saturated heterocycles. The topological polar surface area (TPSA) is 57.4 Å². The molecule has 1 amide bonds. The SMILES string of the molecule is Cc1[nH]c2c(C(=O)N[C@H]3COC[C@@H]3N3CCCC3)cccc2c1C. The molecule has 2 aromatic rings. The van der Waals surface area contributed by atoms with Gasteiger partial charge in [-0.25, -0.2) is 0 Å². The Labute approximate surface area is 142 Å². The number of aryl methyl sites for hydroxylation is 2. The van der Waals surface area contributed by atoms with Crippen LogP contribution < -0.4 is 5.32 Å². The maximum Gasteiger partial charge on any atom is 0.253 e. The molecule has 2 fully saturated rings. The Morgan fingerprint density at radius 2 is 2.04 bits per heavy atom. The molecule has 4 rings (SSSR count). The summed E-state index contributed by atoms with van der Waals surface area (Å²) in [5.41, 5.74) is 3.97. The van der Waals surface area contributed by atoms with Gasteiger partial charge in [-0.1, -0.05) is 12.1 Å². The minimum Gasteiger partial charge on any atom is -0.378 e. The normalized spacial score (nSPS) is 24.8. The quantitative estimate of drug-likeness (QED) is 0.910. The van der Waals surface area contributed by atoms with Gasteiger partial charge in [0, 0.05) is 11.1 Å². The van der Waals surface area contributed by atoms with Crippen molar-refractivity contribution >= 4 is 16.8 Å². The molecule has 0 saturated carbocycles. The number of fused-ring (bicyclic) bond motifs is 1. The van der Waals surface area contributed by atoms with Crippen LogP contribution in [-0.2, 0) is 4.74 Å². The Bertz CT molecular complexity index is 761. The number of carbonyl (C=O) groups is 1. The van der Waals surface area contributed by atoms with Crippen molar-refractivity contribution in [3.63, 3.8) is 0 Å². The van der Waals surface area contributed by atoms with Gasteiger partial charge in [-0.15, -0.1) is 0 Å². The molecule has 2 N–H and O–H groups in total. The van der Waals surface area contributed by atoms with E-state index in [1.807, 2.05) is 19.1 Å². The van der Waals surface area contributed by atoms with Gasteiger partial charge in [0.15, 0.2) is 0 Å². The molecule has 128 valence electrons. The zero-order valence-electron chi connectivity index (χ0n) is 14.4. The summed E-state index contributed by atoms with van der Waals surface area (Å²) in [5.74, 6) is -0.0125. The highest BCUT2D eigenvalue weighted by Gasteiger charge is 2.35. The Kier molecular flexibility index (Phi) is 4.06. The fourth-order valence-corrected chi connectivity index (χ4v) is 4.03. The highest BCUT2D eigenvalue weighted by Crippen LogP contribution is 2.25. The minimum absolute atomic E-state index is 0.0125. The predicted octanol–water partition coefficient (Wildman–Crippen LogP) is 2.38. The number of carbonyl (C=O) groups excluding carboxylic acids is 1. The smallest absolute Gasteiger partial charge is 0.253 e. The lowest BCUT2D eigenvalue weighted by Crippen LogP contribution is -2.50. The first-order chi connectivity index (χ1) is 11.6. The van der Waals surface area contributed by atoms with Crippen LogP contribution in [0.2, 0.25) is 0 Å². The van der Waals surface area contributed by atoms with E-state index >= 15 is 0 Å². The Balaban J connectivity index is 1.57. The maximum atomic E-state index is 12.9. The number of para-hydroxylation sites is 1. The highest BCUT2D eigenvalue weighted by atomic mass is 16.5. The molecule has 1 aromatic carbocycles. The lowest BCUT2D eigenvalue weighted by molar-refractivity contribution is 0.0918. The average molecular weight is 327 g/mol. The molecule has 24 heavy (non-hydrogen) atoms. The lowest BCUT2D eigenvalue weighted by atomic mass is 10.1. The standard InChI is InChI=1S/C19H25N3O2/c1-12-13(2)20-18-14(12)6-5-7-15(18)19(23)21-16-10-24-11-17(16)22-8-3-4-9-22/h5-7,16-17,20H,3-4,8-11H2,1-2H3,(H,21,23)/t16-,17-/m0/s1. The van der Waals surface area contributed by atoms with Crippen molar-refractivity contribution in [3.05, 3.63) is 35.0 Å². The Hall–Kier alpha value is -1.85. The second kappa shape index (κ2) is 6.22. The third kappa shape index (κ3) is 2.62. The lowest BCUT2D eigenvalue weighted by Gasteiger charge is -2.28. The number of aromatic nitrogens is 1. The largest absolute Gasteiger partial charge is 0.378 e. The van der Waals surface area contributed by atoms with E-state index in [4.69, 9.17) is 4.74 Å². The fraction of sp³-hybridized carbons (Fsp3) is 0.526. The first-order valence-electron chi connectivity index (χ1n) is 8.85. The van der Waals surface area contributed by atoms with Crippen molar-refractivity contribution in [1.82, 2.24) is 15.2 Å². The van der Waals surface area contributed by atoms with Crippen LogP contribution in [0.3, 0.4) is 0 Å². The summed E-state index contributed by atoms with van der Waals surface area (Å²) in [7, 11) is 0. The maximum absolute atomic E-state index is 12.9. The molecule has 5 heteroatoms. The summed E-state index contributed by atoms with van der Waals surface area (Å²) in [5, 5.41) is 4.34. The van der Waals surface area contributed by atoms with E-state index in [9.17, 15) is 4.79 Å². The molecule has 0 aliphatic carbocycles. The molecule has 0 spiro atoms. The summed E-state index contributed by atoms with van der Waals surface area (Å²) in [6.45, 7) is 7.69. The zero-order chi connectivity index (χ0) is 16.7. The van der Waals surface area contributed by atoms with Gasteiger partial charge in [-0.2, -0.15) is 0 Å². The predicted molar refractivity (Wildman–Crippen MR) is 94.4 cm³/mol. The number of H-pyrrole nitrogens is 1. The molecule has 3 heterocycles. The fourth-order valence-electron chi connectivity index (χ4n) is 4.03. The van der Waals surface area contributed by atoms with E-state index in [1.165, 1.54) is 18.4 Å². The number of nitrogens with zero attached hydrogens (tertiary/aromatic N) is 1. The number of hydrogen-bond acceptors (Lipinski definition) is 3. The van der Waals surface area contributed by atoms with Crippen LogP contribution >= 0.6 is 0 Å². The summed E-state index contributed by atoms with van der Waals surface area (Å²) >= 11 is 0. The van der Waals surface area contributed by atoms with Gasteiger partial charge in [-0.3, -0.25) is 9.69 Å². The number of rotatable bonds is 3. The number of hydrogen-bond donors (Lipinski definition) is 2. The van der Waals surface area contributed by atoms with Crippen LogP contribution in [0.4, 0.5) is 0 Å². The van der Waals surface area contributed by atoms with E-state index in [1.54, 1.807) is 0 Å². The minimum atomic E-state index is -0.0125.